The summed E-state index contributed by atoms with van der Waals surface area (Å²) in [5, 5.41) is 0. The number of alkyl halides is 3. The molecule has 0 N–H and O–H groups in total. The monoisotopic (exact) mass is 440 g/mol. The average molecular weight is 442 g/mol. The van der Waals surface area contributed by atoms with Crippen LogP contribution in [-0.4, -0.2) is 26.2 Å². The van der Waals surface area contributed by atoms with Crippen molar-refractivity contribution < 1.29 is 9.53 Å². The molecule has 0 aromatic carbocycles. The highest BCUT2D eigenvalue weighted by molar-refractivity contribution is 6.24. The molecule has 5 heteroatoms. The van der Waals surface area contributed by atoms with Gasteiger partial charge in [0, 0.05) is 21.5 Å². The van der Waals surface area contributed by atoms with Gasteiger partial charge in [0.25, 0.3) is 0 Å². The first-order valence-corrected chi connectivity index (χ1v) is 11.1. The van der Waals surface area contributed by atoms with Crippen molar-refractivity contribution in [2.75, 3.05) is 0 Å². The number of carbonyl (C=O) groups excluding carboxylic acids is 1. The molecule has 2 nitrogen and oxygen atoms in total. The van der Waals surface area contributed by atoms with Gasteiger partial charge < -0.3 is 4.74 Å². The second-order valence-corrected chi connectivity index (χ2v) is 12.1. The van der Waals surface area contributed by atoms with Crippen LogP contribution < -0.4 is 0 Å². The van der Waals surface area contributed by atoms with Crippen LogP contribution in [0.25, 0.3) is 0 Å². The quantitative estimate of drug-likeness (QED) is 0.155. The first-order chi connectivity index (χ1) is 12.1. The largest absolute Gasteiger partial charge is 0.455 e. The van der Waals surface area contributed by atoms with E-state index < -0.39 is 5.60 Å². The molecule has 0 saturated heterocycles. The third-order valence-electron chi connectivity index (χ3n) is 5.05. The maximum absolute atomic E-state index is 11.2. The van der Waals surface area contributed by atoms with Crippen molar-refractivity contribution in [2.24, 2.45) is 0 Å². The van der Waals surface area contributed by atoms with E-state index in [4.69, 9.17) is 39.5 Å². The molecule has 3 unspecified atom stereocenters. The molecule has 0 aliphatic heterocycles. The van der Waals surface area contributed by atoms with Crippen LogP contribution in [0.4, 0.5) is 0 Å². The summed E-state index contributed by atoms with van der Waals surface area (Å²) in [4.78, 5) is 10.6. The number of ether oxygens (including phenoxy) is 1. The van der Waals surface area contributed by atoms with Crippen LogP contribution in [0, 0.1) is 0 Å². The first-order valence-electron chi connectivity index (χ1n) is 10.00. The number of halogens is 3. The lowest BCUT2D eigenvalue weighted by Crippen LogP contribution is -2.29. The normalized spacial score (nSPS) is 18.9. The maximum atomic E-state index is 11.2. The molecule has 3 atom stereocenters. The van der Waals surface area contributed by atoms with E-state index >= 15 is 0 Å². The second kappa shape index (κ2) is 11.3. The van der Waals surface area contributed by atoms with Gasteiger partial charge in [-0.25, -0.2) is 0 Å². The van der Waals surface area contributed by atoms with Crippen LogP contribution in [0.1, 0.15) is 99.3 Å². The summed E-state index contributed by atoms with van der Waals surface area (Å²) in [5.41, 5.74) is -0.621. The van der Waals surface area contributed by atoms with Crippen LogP contribution >= 0.6 is 34.8 Å². The molecule has 27 heavy (non-hydrogen) atoms. The Morgan fingerprint density at radius 1 is 0.815 bits per heavy atom. The molecule has 0 radical (unpaired) electrons. The highest BCUT2D eigenvalue weighted by atomic mass is 35.5. The summed E-state index contributed by atoms with van der Waals surface area (Å²) in [6.07, 6.45) is 9.96. The van der Waals surface area contributed by atoms with Crippen molar-refractivity contribution in [1.29, 1.82) is 0 Å². The van der Waals surface area contributed by atoms with E-state index in [9.17, 15) is 4.79 Å². The van der Waals surface area contributed by atoms with Gasteiger partial charge in [-0.1, -0.05) is 6.58 Å². The lowest BCUT2D eigenvalue weighted by molar-refractivity contribution is -0.151. The van der Waals surface area contributed by atoms with Crippen molar-refractivity contribution >= 4 is 40.8 Å². The van der Waals surface area contributed by atoms with E-state index in [1.165, 1.54) is 6.92 Å². The predicted molar refractivity (Wildman–Crippen MR) is 120 cm³/mol. The lowest BCUT2D eigenvalue weighted by atomic mass is 9.89. The van der Waals surface area contributed by atoms with Gasteiger partial charge in [-0.05, 0) is 98.5 Å². The average Bonchev–Trinajstić information content (AvgIpc) is 2.43. The van der Waals surface area contributed by atoms with Crippen LogP contribution in [0.5, 0.6) is 0 Å². The molecular formula is C22H39Cl3O2. The Bertz CT molecular complexity index is 467. The van der Waals surface area contributed by atoms with Crippen LogP contribution in [0.3, 0.4) is 0 Å². The number of esters is 1. The molecule has 0 heterocycles. The van der Waals surface area contributed by atoms with Crippen molar-refractivity contribution in [3.05, 3.63) is 12.7 Å². The van der Waals surface area contributed by atoms with Gasteiger partial charge in [-0.15, -0.1) is 34.8 Å². The minimum atomic E-state index is -0.621. The topological polar surface area (TPSA) is 26.3 Å². The standard InChI is InChI=1S/C22H39Cl3O2/c1-8-22(7,27-18(2)26)17-11-16-21(6,25)15-10-14-20(5,24)13-9-12-19(3,4)23/h8H,1,9-17H2,2-7H3. The van der Waals surface area contributed by atoms with Gasteiger partial charge in [-0.3, -0.25) is 4.79 Å². The molecule has 0 aromatic heterocycles. The van der Waals surface area contributed by atoms with E-state index in [0.717, 1.165) is 57.8 Å². The highest BCUT2D eigenvalue weighted by Gasteiger charge is 2.28. The summed E-state index contributed by atoms with van der Waals surface area (Å²) in [6, 6.07) is 0. The van der Waals surface area contributed by atoms with Crippen molar-refractivity contribution in [1.82, 2.24) is 0 Å². The molecule has 160 valence electrons. The van der Waals surface area contributed by atoms with Crippen molar-refractivity contribution in [3.63, 3.8) is 0 Å². The first kappa shape index (κ1) is 27.1. The molecule has 0 aliphatic carbocycles. The number of hydrogen-bond donors (Lipinski definition) is 0. The lowest BCUT2D eigenvalue weighted by Gasteiger charge is -2.29. The minimum absolute atomic E-state index is 0.159. The van der Waals surface area contributed by atoms with E-state index in [1.807, 2.05) is 20.8 Å². The van der Waals surface area contributed by atoms with Crippen LogP contribution in [0.15, 0.2) is 12.7 Å². The molecule has 0 aliphatic rings. The Morgan fingerprint density at radius 3 is 1.52 bits per heavy atom. The van der Waals surface area contributed by atoms with E-state index in [0.29, 0.717) is 0 Å². The Morgan fingerprint density at radius 2 is 1.19 bits per heavy atom. The SMILES string of the molecule is C=CC(C)(CCCC(C)(Cl)CCCC(C)(Cl)CCCC(C)(C)Cl)OC(C)=O. The summed E-state index contributed by atoms with van der Waals surface area (Å²) in [7, 11) is 0. The Kier molecular flexibility index (Phi) is 11.3. The smallest absolute Gasteiger partial charge is 0.303 e. The zero-order chi connectivity index (χ0) is 21.4. The fourth-order valence-electron chi connectivity index (χ4n) is 3.28. The predicted octanol–water partition coefficient (Wildman–Crippen LogP) is 8.02. The fraction of sp³-hybridized carbons (Fsp3) is 0.864. The van der Waals surface area contributed by atoms with E-state index in [2.05, 4.69) is 20.4 Å². The maximum Gasteiger partial charge on any atom is 0.303 e. The number of carbonyl (C=O) groups is 1. The Labute approximate surface area is 182 Å². The molecule has 0 rings (SSSR count). The Balaban J connectivity index is 4.25. The zero-order valence-corrected chi connectivity index (χ0v) is 20.4. The van der Waals surface area contributed by atoms with Gasteiger partial charge in [-0.2, -0.15) is 0 Å². The summed E-state index contributed by atoms with van der Waals surface area (Å²) in [6.45, 7) is 15.4. The van der Waals surface area contributed by atoms with Gasteiger partial charge in [0.2, 0.25) is 0 Å². The van der Waals surface area contributed by atoms with E-state index in [-0.39, 0.29) is 20.6 Å². The summed E-state index contributed by atoms with van der Waals surface area (Å²) >= 11 is 19.6. The summed E-state index contributed by atoms with van der Waals surface area (Å²) < 4.78 is 5.36. The number of hydrogen-bond acceptors (Lipinski definition) is 2. The molecule has 0 aromatic rings. The Hall–Kier alpha value is 0.0800. The van der Waals surface area contributed by atoms with Crippen LogP contribution in [0.2, 0.25) is 0 Å². The molecule has 0 bridgehead atoms. The number of rotatable bonds is 14. The molecule has 0 saturated carbocycles. The van der Waals surface area contributed by atoms with Gasteiger partial charge in [0.1, 0.15) is 5.60 Å². The zero-order valence-electron chi connectivity index (χ0n) is 18.1. The van der Waals surface area contributed by atoms with Gasteiger partial charge in [0.15, 0.2) is 0 Å². The van der Waals surface area contributed by atoms with Gasteiger partial charge in [0.05, 0.1) is 0 Å². The summed E-state index contributed by atoms with van der Waals surface area (Å²) in [5.74, 6) is -0.287. The second-order valence-electron chi connectivity index (χ2n) is 9.22. The molecular weight excluding hydrogens is 403 g/mol. The molecule has 0 amide bonds. The molecule has 0 spiro atoms. The minimum Gasteiger partial charge on any atom is -0.455 e. The van der Waals surface area contributed by atoms with Crippen LogP contribution in [-0.2, 0) is 9.53 Å². The molecule has 0 fully saturated rings. The fourth-order valence-corrected chi connectivity index (χ4v) is 3.95. The van der Waals surface area contributed by atoms with Gasteiger partial charge >= 0.3 is 5.97 Å². The van der Waals surface area contributed by atoms with Crippen molar-refractivity contribution in [3.8, 4) is 0 Å². The third-order valence-corrected chi connectivity index (χ3v) is 5.99. The highest BCUT2D eigenvalue weighted by Crippen LogP contribution is 2.35. The van der Waals surface area contributed by atoms with E-state index in [1.54, 1.807) is 6.08 Å². The van der Waals surface area contributed by atoms with Crippen molar-refractivity contribution in [2.45, 2.75) is 120 Å². The third kappa shape index (κ3) is 14.7.